The van der Waals surface area contributed by atoms with Gasteiger partial charge in [-0.3, -0.25) is 4.57 Å². The lowest BCUT2D eigenvalue weighted by Gasteiger charge is -2.12. The first-order valence-corrected chi connectivity index (χ1v) is 7.80. The van der Waals surface area contributed by atoms with Crippen LogP contribution in [0.25, 0.3) is 28.0 Å². The normalized spacial score (nSPS) is 11.8. The van der Waals surface area contributed by atoms with Crippen LogP contribution in [0.15, 0.2) is 67.0 Å². The van der Waals surface area contributed by atoms with Crippen LogP contribution in [0.4, 0.5) is 19.0 Å². The van der Waals surface area contributed by atoms with Crippen LogP contribution >= 0.6 is 0 Å². The van der Waals surface area contributed by atoms with E-state index in [2.05, 4.69) is 9.97 Å². The van der Waals surface area contributed by atoms with E-state index in [0.29, 0.717) is 17.0 Å². The standard InChI is InChI=1S/C19H13F3N4/c20-19(21,22)12-8-9-17-15(10-12)24-11-26(17)16-6-2-1-4-13(16)14-5-3-7-18(23)25-14/h1-11H,(H2,23,25). The Kier molecular flexibility index (Phi) is 3.64. The smallest absolute Gasteiger partial charge is 0.384 e. The van der Waals surface area contributed by atoms with Gasteiger partial charge in [-0.2, -0.15) is 13.2 Å². The molecule has 0 aliphatic carbocycles. The Morgan fingerprint density at radius 3 is 2.50 bits per heavy atom. The second kappa shape index (κ2) is 5.87. The molecule has 0 saturated heterocycles. The zero-order valence-corrected chi connectivity index (χ0v) is 13.4. The van der Waals surface area contributed by atoms with Crippen molar-refractivity contribution in [3.8, 4) is 16.9 Å². The highest BCUT2D eigenvalue weighted by molar-refractivity contribution is 5.81. The third-order valence-electron chi connectivity index (χ3n) is 4.08. The second-order valence-corrected chi connectivity index (χ2v) is 5.78. The Morgan fingerprint density at radius 1 is 0.923 bits per heavy atom. The summed E-state index contributed by atoms with van der Waals surface area (Å²) in [6, 6.07) is 16.3. The number of anilines is 1. The number of hydrogen-bond acceptors (Lipinski definition) is 3. The van der Waals surface area contributed by atoms with Crippen LogP contribution in [0.2, 0.25) is 0 Å². The van der Waals surface area contributed by atoms with E-state index < -0.39 is 11.7 Å². The number of nitrogens with zero attached hydrogens (tertiary/aromatic N) is 3. The first-order valence-electron chi connectivity index (χ1n) is 7.80. The summed E-state index contributed by atoms with van der Waals surface area (Å²) in [6.45, 7) is 0. The molecule has 0 aliphatic rings. The van der Waals surface area contributed by atoms with Gasteiger partial charge in [0, 0.05) is 5.56 Å². The van der Waals surface area contributed by atoms with E-state index >= 15 is 0 Å². The second-order valence-electron chi connectivity index (χ2n) is 5.78. The van der Waals surface area contributed by atoms with Crippen molar-refractivity contribution in [2.45, 2.75) is 6.18 Å². The largest absolute Gasteiger partial charge is 0.416 e. The maximum absolute atomic E-state index is 12.9. The summed E-state index contributed by atoms with van der Waals surface area (Å²) in [6.07, 6.45) is -2.89. The lowest BCUT2D eigenvalue weighted by atomic mass is 10.1. The number of benzene rings is 2. The lowest BCUT2D eigenvalue weighted by molar-refractivity contribution is -0.137. The van der Waals surface area contributed by atoms with E-state index in [4.69, 9.17) is 5.73 Å². The third-order valence-corrected chi connectivity index (χ3v) is 4.08. The van der Waals surface area contributed by atoms with Gasteiger partial charge in [0.15, 0.2) is 0 Å². The van der Waals surface area contributed by atoms with Crippen molar-refractivity contribution in [3.63, 3.8) is 0 Å². The van der Waals surface area contributed by atoms with Crippen molar-refractivity contribution in [1.29, 1.82) is 0 Å². The van der Waals surface area contributed by atoms with Crippen molar-refractivity contribution in [1.82, 2.24) is 14.5 Å². The van der Waals surface area contributed by atoms with Crippen LogP contribution in [0.3, 0.4) is 0 Å². The van der Waals surface area contributed by atoms with Gasteiger partial charge >= 0.3 is 6.18 Å². The van der Waals surface area contributed by atoms with E-state index in [0.717, 1.165) is 23.4 Å². The number of halogens is 3. The average Bonchev–Trinajstić information content (AvgIpc) is 3.04. The van der Waals surface area contributed by atoms with Crippen molar-refractivity contribution in [3.05, 3.63) is 72.6 Å². The fraction of sp³-hybridized carbons (Fsp3) is 0.0526. The summed E-state index contributed by atoms with van der Waals surface area (Å²) >= 11 is 0. The van der Waals surface area contributed by atoms with Crippen LogP contribution in [0.1, 0.15) is 5.56 Å². The zero-order valence-electron chi connectivity index (χ0n) is 13.4. The molecule has 0 spiro atoms. The summed E-state index contributed by atoms with van der Waals surface area (Å²) < 4.78 is 40.5. The number of nitrogen functional groups attached to an aromatic ring is 1. The Morgan fingerprint density at radius 2 is 1.73 bits per heavy atom. The highest BCUT2D eigenvalue weighted by Crippen LogP contribution is 2.33. The van der Waals surface area contributed by atoms with E-state index in [-0.39, 0.29) is 5.52 Å². The number of fused-ring (bicyclic) bond motifs is 1. The predicted molar refractivity (Wildman–Crippen MR) is 93.7 cm³/mol. The van der Waals surface area contributed by atoms with Gasteiger partial charge in [0.05, 0.1) is 28.0 Å². The molecule has 2 heterocycles. The number of para-hydroxylation sites is 1. The Bertz CT molecular complexity index is 1100. The molecule has 0 amide bonds. The predicted octanol–water partition coefficient (Wildman–Crippen LogP) is 4.69. The molecule has 4 rings (SSSR count). The summed E-state index contributed by atoms with van der Waals surface area (Å²) in [5, 5.41) is 0. The molecule has 0 aliphatic heterocycles. The van der Waals surface area contributed by atoms with Gasteiger partial charge in [0.1, 0.15) is 12.1 Å². The fourth-order valence-corrected chi connectivity index (χ4v) is 2.88. The molecule has 130 valence electrons. The van der Waals surface area contributed by atoms with Gasteiger partial charge in [0.2, 0.25) is 0 Å². The number of hydrogen-bond donors (Lipinski definition) is 1. The molecular weight excluding hydrogens is 341 g/mol. The van der Waals surface area contributed by atoms with E-state index in [9.17, 15) is 13.2 Å². The number of rotatable bonds is 2. The van der Waals surface area contributed by atoms with E-state index in [1.165, 1.54) is 12.4 Å². The summed E-state index contributed by atoms with van der Waals surface area (Å²) in [7, 11) is 0. The highest BCUT2D eigenvalue weighted by Gasteiger charge is 2.30. The third kappa shape index (κ3) is 2.77. The monoisotopic (exact) mass is 354 g/mol. The van der Waals surface area contributed by atoms with Gasteiger partial charge in [-0.25, -0.2) is 9.97 Å². The molecule has 2 aromatic heterocycles. The van der Waals surface area contributed by atoms with Gasteiger partial charge < -0.3 is 5.73 Å². The van der Waals surface area contributed by atoms with Crippen molar-refractivity contribution >= 4 is 16.9 Å². The van der Waals surface area contributed by atoms with E-state index in [1.807, 2.05) is 30.3 Å². The van der Waals surface area contributed by atoms with Crippen LogP contribution in [-0.2, 0) is 6.18 Å². The minimum atomic E-state index is -4.40. The first kappa shape index (κ1) is 16.1. The van der Waals surface area contributed by atoms with Crippen LogP contribution in [-0.4, -0.2) is 14.5 Å². The summed E-state index contributed by atoms with van der Waals surface area (Å²) in [4.78, 5) is 8.48. The molecule has 4 nitrogen and oxygen atoms in total. The minimum absolute atomic E-state index is 0.273. The minimum Gasteiger partial charge on any atom is -0.384 e. The van der Waals surface area contributed by atoms with Crippen molar-refractivity contribution < 1.29 is 13.2 Å². The lowest BCUT2D eigenvalue weighted by Crippen LogP contribution is -2.04. The number of alkyl halides is 3. The molecule has 7 heteroatoms. The van der Waals surface area contributed by atoms with Crippen LogP contribution in [0.5, 0.6) is 0 Å². The Hall–Kier alpha value is -3.35. The van der Waals surface area contributed by atoms with Crippen LogP contribution < -0.4 is 5.73 Å². The summed E-state index contributed by atoms with van der Waals surface area (Å²) in [5.41, 5.74) is 8.14. The maximum atomic E-state index is 12.9. The molecule has 26 heavy (non-hydrogen) atoms. The molecule has 2 N–H and O–H groups in total. The quantitative estimate of drug-likeness (QED) is 0.568. The highest BCUT2D eigenvalue weighted by atomic mass is 19.4. The summed E-state index contributed by atoms with van der Waals surface area (Å²) in [5.74, 6) is 0.391. The zero-order chi connectivity index (χ0) is 18.3. The van der Waals surface area contributed by atoms with Gasteiger partial charge in [0.25, 0.3) is 0 Å². The fourth-order valence-electron chi connectivity index (χ4n) is 2.88. The average molecular weight is 354 g/mol. The van der Waals surface area contributed by atoms with Crippen molar-refractivity contribution in [2.75, 3.05) is 5.73 Å². The number of imidazole rings is 1. The molecule has 0 fully saturated rings. The molecular formula is C19H13F3N4. The van der Waals surface area contributed by atoms with E-state index in [1.54, 1.807) is 16.7 Å². The molecule has 2 aromatic carbocycles. The molecule has 4 aromatic rings. The van der Waals surface area contributed by atoms with Crippen molar-refractivity contribution in [2.24, 2.45) is 0 Å². The molecule has 0 bridgehead atoms. The Labute approximate surface area is 146 Å². The molecule has 0 saturated carbocycles. The molecule has 0 unspecified atom stereocenters. The van der Waals surface area contributed by atoms with Gasteiger partial charge in [-0.1, -0.05) is 24.3 Å². The number of pyridine rings is 1. The molecule has 0 radical (unpaired) electrons. The van der Waals surface area contributed by atoms with Gasteiger partial charge in [-0.05, 0) is 36.4 Å². The topological polar surface area (TPSA) is 56.7 Å². The maximum Gasteiger partial charge on any atom is 0.416 e. The SMILES string of the molecule is Nc1cccc(-c2ccccc2-n2cnc3cc(C(F)(F)F)ccc32)n1. The molecule has 0 atom stereocenters. The first-order chi connectivity index (χ1) is 12.4. The number of nitrogens with two attached hydrogens (primary N) is 1. The van der Waals surface area contributed by atoms with Gasteiger partial charge in [-0.15, -0.1) is 0 Å². The Balaban J connectivity index is 1.89. The van der Waals surface area contributed by atoms with Crippen LogP contribution in [0, 0.1) is 0 Å². The number of aromatic nitrogens is 3.